The molecule has 204 valence electrons. The number of fused-ring (bicyclic) bond motifs is 3. The molecule has 2 aliphatic heterocycles. The largest absolute Gasteiger partial charge is 0.463 e. The molecule has 1 N–H and O–H groups in total. The van der Waals surface area contributed by atoms with Crippen LogP contribution in [0.25, 0.3) is 22.7 Å². The zero-order valence-corrected chi connectivity index (χ0v) is 23.2. The molecule has 0 bridgehead atoms. The quantitative estimate of drug-likeness (QED) is 0.319. The average molecular weight is 564 g/mol. The van der Waals surface area contributed by atoms with Gasteiger partial charge in [0.2, 0.25) is 6.79 Å². The highest BCUT2D eigenvalue weighted by atomic mass is 32.1. The molecule has 0 spiro atoms. The van der Waals surface area contributed by atoms with Gasteiger partial charge in [-0.3, -0.25) is 9.36 Å². The van der Waals surface area contributed by atoms with E-state index in [0.717, 1.165) is 27.7 Å². The third-order valence-electron chi connectivity index (χ3n) is 7.30. The molecule has 2 aromatic heterocycles. The minimum Gasteiger partial charge on any atom is -0.463 e. The third-order valence-corrected chi connectivity index (χ3v) is 8.29. The number of carbonyl (C=O) groups excluding carboxylic acids is 1. The Hall–Kier alpha value is -4.89. The molecule has 9 heteroatoms. The smallest absolute Gasteiger partial charge is 0.338 e. The van der Waals surface area contributed by atoms with E-state index in [0.29, 0.717) is 37.7 Å². The highest BCUT2D eigenvalue weighted by Gasteiger charge is 2.36. The van der Waals surface area contributed by atoms with Crippen LogP contribution < -0.4 is 24.4 Å². The second kappa shape index (κ2) is 9.94. The lowest BCUT2D eigenvalue weighted by Crippen LogP contribution is -2.40. The Kier molecular flexibility index (Phi) is 6.09. The number of rotatable bonds is 5. The van der Waals surface area contributed by atoms with Gasteiger partial charge in [-0.05, 0) is 43.7 Å². The Morgan fingerprint density at radius 3 is 2.71 bits per heavy atom. The summed E-state index contributed by atoms with van der Waals surface area (Å²) < 4.78 is 18.8. The van der Waals surface area contributed by atoms with Crippen LogP contribution in [0, 0.1) is 6.92 Å². The monoisotopic (exact) mass is 563 g/mol. The molecule has 3 aromatic carbocycles. The number of benzene rings is 3. The fourth-order valence-electron chi connectivity index (χ4n) is 5.45. The van der Waals surface area contributed by atoms with E-state index in [2.05, 4.69) is 4.98 Å². The van der Waals surface area contributed by atoms with Crippen molar-refractivity contribution in [1.82, 2.24) is 9.55 Å². The van der Waals surface area contributed by atoms with Gasteiger partial charge in [0.05, 0.1) is 28.5 Å². The molecular formula is C32H25N3O5S. The molecule has 0 saturated carbocycles. The first-order valence-corrected chi connectivity index (χ1v) is 14.1. The van der Waals surface area contributed by atoms with Crippen LogP contribution in [0.1, 0.15) is 35.3 Å². The third kappa shape index (κ3) is 4.17. The van der Waals surface area contributed by atoms with Gasteiger partial charge in [-0.2, -0.15) is 0 Å². The number of nitrogens with zero attached hydrogens (tertiary/aromatic N) is 2. The Balaban J connectivity index is 1.53. The number of H-pyrrole nitrogens is 1. The number of aromatic nitrogens is 2. The number of carbonyl (C=O) groups is 1. The first-order chi connectivity index (χ1) is 20.0. The molecule has 0 radical (unpaired) electrons. The van der Waals surface area contributed by atoms with Crippen molar-refractivity contribution in [2.24, 2.45) is 4.99 Å². The van der Waals surface area contributed by atoms with Crippen LogP contribution in [-0.2, 0) is 9.53 Å². The number of aromatic amines is 1. The van der Waals surface area contributed by atoms with Crippen LogP contribution >= 0.6 is 11.3 Å². The van der Waals surface area contributed by atoms with Crippen LogP contribution in [0.4, 0.5) is 0 Å². The van der Waals surface area contributed by atoms with Crippen LogP contribution in [0.5, 0.6) is 11.5 Å². The van der Waals surface area contributed by atoms with E-state index in [4.69, 9.17) is 19.2 Å². The summed E-state index contributed by atoms with van der Waals surface area (Å²) in [5.74, 6) is 0.640. The van der Waals surface area contributed by atoms with E-state index < -0.39 is 12.0 Å². The normalized spacial score (nSPS) is 16.1. The molecule has 0 fully saturated rings. The number of esters is 1. The van der Waals surface area contributed by atoms with Crippen molar-refractivity contribution in [1.29, 1.82) is 0 Å². The first kappa shape index (κ1) is 25.1. The number of hydrogen-bond acceptors (Lipinski definition) is 7. The molecule has 0 amide bonds. The molecule has 8 nitrogen and oxygen atoms in total. The molecule has 41 heavy (non-hydrogen) atoms. The summed E-state index contributed by atoms with van der Waals surface area (Å²) in [4.78, 5) is 36.7. The van der Waals surface area contributed by atoms with E-state index in [9.17, 15) is 9.59 Å². The molecule has 1 unspecified atom stereocenters. The summed E-state index contributed by atoms with van der Waals surface area (Å²) >= 11 is 1.30. The molecular weight excluding hydrogens is 538 g/mol. The minimum absolute atomic E-state index is 0.112. The summed E-state index contributed by atoms with van der Waals surface area (Å²) in [6.07, 6.45) is 1.91. The number of hydrogen-bond donors (Lipinski definition) is 1. The van der Waals surface area contributed by atoms with Gasteiger partial charge in [0.1, 0.15) is 0 Å². The topological polar surface area (TPSA) is 94.9 Å². The molecule has 1 atom stereocenters. The van der Waals surface area contributed by atoms with Crippen molar-refractivity contribution in [3.8, 4) is 11.5 Å². The van der Waals surface area contributed by atoms with E-state index >= 15 is 0 Å². The van der Waals surface area contributed by atoms with E-state index in [1.54, 1.807) is 17.6 Å². The van der Waals surface area contributed by atoms with Crippen LogP contribution in [0.3, 0.4) is 0 Å². The number of para-hydroxylation sites is 1. The van der Waals surface area contributed by atoms with Crippen molar-refractivity contribution < 1.29 is 19.0 Å². The van der Waals surface area contributed by atoms with Gasteiger partial charge in [-0.25, -0.2) is 9.79 Å². The molecule has 0 saturated heterocycles. The van der Waals surface area contributed by atoms with Crippen molar-refractivity contribution in [2.45, 2.75) is 19.9 Å². The summed E-state index contributed by atoms with van der Waals surface area (Å²) in [5.41, 5.74) is 4.87. The highest BCUT2D eigenvalue weighted by Crippen LogP contribution is 2.40. The lowest BCUT2D eigenvalue weighted by atomic mass is 9.93. The standard InChI is InChI=1S/C32H25N3O5S/c1-3-38-31(37)27-28(19-9-5-4-6-10-19)34-32-35(29(27)20-13-14-24-25(15-20)40-17-39-24)30(36)26(41-32)16-22-18(2)33-23-12-8-7-11-21(22)23/h4-16,29,33H,3,17H2,1-2H3/b26-16+. The second-order valence-electron chi connectivity index (χ2n) is 9.75. The Morgan fingerprint density at radius 2 is 1.88 bits per heavy atom. The van der Waals surface area contributed by atoms with Crippen molar-refractivity contribution >= 4 is 40.0 Å². The molecule has 4 heterocycles. The second-order valence-corrected chi connectivity index (χ2v) is 10.8. The highest BCUT2D eigenvalue weighted by molar-refractivity contribution is 7.07. The summed E-state index contributed by atoms with van der Waals surface area (Å²) in [7, 11) is 0. The SMILES string of the molecule is CCOC(=O)C1=C(c2ccccc2)N=c2s/c(=C/c3c(C)[nH]c4ccccc34)c(=O)n2C1c1ccc2c(c1)OCO2. The Labute approximate surface area is 238 Å². The van der Waals surface area contributed by atoms with Crippen molar-refractivity contribution in [3.05, 3.63) is 120 Å². The molecule has 0 aliphatic carbocycles. The maximum atomic E-state index is 14.2. The van der Waals surface area contributed by atoms with Crippen molar-refractivity contribution in [3.63, 3.8) is 0 Å². The predicted molar refractivity (Wildman–Crippen MR) is 157 cm³/mol. The van der Waals surface area contributed by atoms with E-state index in [1.807, 2.05) is 79.7 Å². The maximum Gasteiger partial charge on any atom is 0.338 e. The van der Waals surface area contributed by atoms with Gasteiger partial charge in [0, 0.05) is 27.7 Å². The van der Waals surface area contributed by atoms with E-state index in [-0.39, 0.29) is 19.0 Å². The predicted octanol–water partition coefficient (Wildman–Crippen LogP) is 4.45. The Morgan fingerprint density at radius 1 is 1.10 bits per heavy atom. The lowest BCUT2D eigenvalue weighted by molar-refractivity contribution is -0.138. The van der Waals surface area contributed by atoms with Crippen LogP contribution in [0.2, 0.25) is 0 Å². The fraction of sp³-hybridized carbons (Fsp3) is 0.156. The van der Waals surface area contributed by atoms with Crippen LogP contribution in [0.15, 0.2) is 88.2 Å². The number of nitrogens with one attached hydrogen (secondary N) is 1. The Bertz CT molecular complexity index is 2050. The van der Waals surface area contributed by atoms with Gasteiger partial charge in [-0.1, -0.05) is 65.9 Å². The fourth-order valence-corrected chi connectivity index (χ4v) is 6.44. The van der Waals surface area contributed by atoms with Crippen LogP contribution in [-0.4, -0.2) is 28.9 Å². The molecule has 7 rings (SSSR count). The molecule has 2 aliphatic rings. The first-order valence-electron chi connectivity index (χ1n) is 13.3. The average Bonchev–Trinajstić information content (AvgIpc) is 3.68. The maximum absolute atomic E-state index is 14.2. The van der Waals surface area contributed by atoms with Gasteiger partial charge in [0.15, 0.2) is 16.3 Å². The minimum atomic E-state index is -0.791. The number of aryl methyl sites for hydroxylation is 1. The molecule has 5 aromatic rings. The summed E-state index contributed by atoms with van der Waals surface area (Å²) in [5, 5.41) is 1.03. The van der Waals surface area contributed by atoms with Gasteiger partial charge >= 0.3 is 5.97 Å². The van der Waals surface area contributed by atoms with Crippen molar-refractivity contribution in [2.75, 3.05) is 13.4 Å². The summed E-state index contributed by atoms with van der Waals surface area (Å²) in [6.45, 7) is 4.05. The van der Waals surface area contributed by atoms with Gasteiger partial charge in [0.25, 0.3) is 5.56 Å². The zero-order valence-electron chi connectivity index (χ0n) is 22.3. The number of ether oxygens (including phenoxy) is 3. The van der Waals surface area contributed by atoms with Gasteiger partial charge in [-0.15, -0.1) is 0 Å². The zero-order chi connectivity index (χ0) is 28.1. The lowest BCUT2D eigenvalue weighted by Gasteiger charge is -2.26. The van der Waals surface area contributed by atoms with E-state index in [1.165, 1.54) is 11.3 Å². The number of thiazole rings is 1. The van der Waals surface area contributed by atoms with Gasteiger partial charge < -0.3 is 19.2 Å². The summed E-state index contributed by atoms with van der Waals surface area (Å²) in [6, 6.07) is 22.2.